The van der Waals surface area contributed by atoms with Crippen molar-refractivity contribution in [1.29, 1.82) is 0 Å². The molecule has 0 heterocycles. The van der Waals surface area contributed by atoms with Crippen molar-refractivity contribution < 1.29 is 14.4 Å². The minimum Gasteiger partial charge on any atom is -0.300 e. The van der Waals surface area contributed by atoms with Crippen molar-refractivity contribution in [3.63, 3.8) is 0 Å². The Bertz CT molecular complexity index is 1620. The van der Waals surface area contributed by atoms with E-state index < -0.39 is 17.3 Å². The lowest BCUT2D eigenvalue weighted by Crippen LogP contribution is -2.49. The fourth-order valence-electron chi connectivity index (χ4n) is 6.98. The molecule has 0 amide bonds. The monoisotopic (exact) mass is 480 g/mol. The highest BCUT2D eigenvalue weighted by molar-refractivity contribution is 6.31. The molecule has 37 heavy (non-hydrogen) atoms. The molecule has 0 aromatic heterocycles. The zero-order chi connectivity index (χ0) is 25.1. The maximum atomic E-state index is 14.6. The van der Waals surface area contributed by atoms with Crippen molar-refractivity contribution in [2.24, 2.45) is 5.41 Å². The molecular formula is C34H24O3. The SMILES string of the molecule is O=C1CC(c2cccc3ccccc23)C2(C(=O)c3ccccc3C2=O)C(c2cccc3ccccc23)C1. The molecule has 2 unspecified atom stereocenters. The Morgan fingerprint density at radius 2 is 0.892 bits per heavy atom. The summed E-state index contributed by atoms with van der Waals surface area (Å²) in [5, 5.41) is 4.03. The Morgan fingerprint density at radius 3 is 1.38 bits per heavy atom. The standard InChI is InChI=1S/C34H24O3/c35-23-19-30(26-17-7-11-21-9-1-3-13-24(21)26)34(32(36)28-15-5-6-16-29(28)33(34)37)31(20-23)27-18-8-12-22-10-2-4-14-25(22)27/h1-18,30-31H,19-20H2. The summed E-state index contributed by atoms with van der Waals surface area (Å²) in [5.74, 6) is -1.35. The molecule has 2 aliphatic rings. The van der Waals surface area contributed by atoms with Crippen molar-refractivity contribution in [2.45, 2.75) is 24.7 Å². The number of hydrogen-bond acceptors (Lipinski definition) is 3. The minimum absolute atomic E-state index is 0.0815. The third-order valence-corrected chi connectivity index (χ3v) is 8.53. The summed E-state index contributed by atoms with van der Waals surface area (Å²) in [6.07, 6.45) is 0.335. The lowest BCUT2D eigenvalue weighted by molar-refractivity contribution is -0.122. The first-order valence-corrected chi connectivity index (χ1v) is 12.8. The normalized spacial score (nSPS) is 20.6. The van der Waals surface area contributed by atoms with Crippen molar-refractivity contribution in [1.82, 2.24) is 0 Å². The van der Waals surface area contributed by atoms with Crippen molar-refractivity contribution in [2.75, 3.05) is 0 Å². The average Bonchev–Trinajstić information content (AvgIpc) is 3.16. The molecule has 2 atom stereocenters. The summed E-state index contributed by atoms with van der Waals surface area (Å²) in [7, 11) is 0. The summed E-state index contributed by atoms with van der Waals surface area (Å²) in [6, 6.07) is 35.2. The molecule has 7 rings (SSSR count). The average molecular weight is 481 g/mol. The second kappa shape index (κ2) is 8.07. The molecule has 0 bridgehead atoms. The highest BCUT2D eigenvalue weighted by Gasteiger charge is 2.64. The molecule has 1 fully saturated rings. The first kappa shape index (κ1) is 21.9. The van der Waals surface area contributed by atoms with Crippen LogP contribution in [-0.2, 0) is 4.79 Å². The van der Waals surface area contributed by atoms with Crippen LogP contribution in [0.25, 0.3) is 21.5 Å². The van der Waals surface area contributed by atoms with E-state index in [1.165, 1.54) is 0 Å². The van der Waals surface area contributed by atoms with Crippen LogP contribution in [-0.4, -0.2) is 17.3 Å². The Morgan fingerprint density at radius 1 is 0.486 bits per heavy atom. The Hall–Kier alpha value is -4.37. The quantitative estimate of drug-likeness (QED) is 0.249. The van der Waals surface area contributed by atoms with Gasteiger partial charge in [0.1, 0.15) is 11.2 Å². The second-order valence-electron chi connectivity index (χ2n) is 10.3. The Kier molecular flexibility index (Phi) is 4.77. The third-order valence-electron chi connectivity index (χ3n) is 8.53. The number of Topliss-reactive ketones (excluding diaryl/α,β-unsaturated/α-hetero) is 3. The number of ketones is 3. The molecular weight excluding hydrogens is 456 g/mol. The molecule has 5 aromatic rings. The Labute approximate surface area is 214 Å². The molecule has 3 nitrogen and oxygen atoms in total. The molecule has 178 valence electrons. The molecule has 0 aliphatic heterocycles. The van der Waals surface area contributed by atoms with Crippen LogP contribution in [0.3, 0.4) is 0 Å². The highest BCUT2D eigenvalue weighted by atomic mass is 16.2. The van der Waals surface area contributed by atoms with Crippen LogP contribution in [0.4, 0.5) is 0 Å². The Balaban J connectivity index is 1.57. The number of hydrogen-bond donors (Lipinski definition) is 0. The number of benzene rings is 5. The van der Waals surface area contributed by atoms with Gasteiger partial charge in [-0.1, -0.05) is 109 Å². The van der Waals surface area contributed by atoms with Crippen molar-refractivity contribution in [3.05, 3.63) is 131 Å². The van der Waals surface area contributed by atoms with E-state index in [9.17, 15) is 14.4 Å². The topological polar surface area (TPSA) is 51.2 Å². The van der Waals surface area contributed by atoms with Gasteiger partial charge in [-0.15, -0.1) is 0 Å². The molecule has 1 saturated carbocycles. The maximum absolute atomic E-state index is 14.6. The maximum Gasteiger partial charge on any atom is 0.178 e. The van der Waals surface area contributed by atoms with Gasteiger partial charge < -0.3 is 0 Å². The molecule has 3 heteroatoms. The first-order chi connectivity index (χ1) is 18.1. The molecule has 0 radical (unpaired) electrons. The minimum atomic E-state index is -1.38. The van der Waals surface area contributed by atoms with Crippen LogP contribution in [0.15, 0.2) is 109 Å². The van der Waals surface area contributed by atoms with Crippen molar-refractivity contribution in [3.8, 4) is 0 Å². The van der Waals surface area contributed by atoms with E-state index in [4.69, 9.17) is 0 Å². The van der Waals surface area contributed by atoms with E-state index in [1.54, 1.807) is 12.1 Å². The number of carbonyl (C=O) groups is 3. The number of fused-ring (bicyclic) bond motifs is 3. The third kappa shape index (κ3) is 2.97. The molecule has 2 aliphatic carbocycles. The molecule has 1 spiro atoms. The van der Waals surface area contributed by atoms with Gasteiger partial charge in [0.2, 0.25) is 0 Å². The van der Waals surface area contributed by atoms with E-state index in [-0.39, 0.29) is 30.2 Å². The summed E-state index contributed by atoms with van der Waals surface area (Å²) in [4.78, 5) is 42.7. The zero-order valence-corrected chi connectivity index (χ0v) is 20.2. The van der Waals surface area contributed by atoms with Gasteiger partial charge in [0.05, 0.1) is 0 Å². The highest BCUT2D eigenvalue weighted by Crippen LogP contribution is 2.61. The first-order valence-electron chi connectivity index (χ1n) is 12.8. The van der Waals surface area contributed by atoms with Gasteiger partial charge in [0.25, 0.3) is 0 Å². The van der Waals surface area contributed by atoms with Crippen LogP contribution in [0.1, 0.15) is 56.5 Å². The van der Waals surface area contributed by atoms with Crippen LogP contribution in [0, 0.1) is 5.41 Å². The largest absolute Gasteiger partial charge is 0.300 e. The van der Waals surface area contributed by atoms with Gasteiger partial charge in [0.15, 0.2) is 11.6 Å². The summed E-state index contributed by atoms with van der Waals surface area (Å²) >= 11 is 0. The van der Waals surface area contributed by atoms with Crippen LogP contribution >= 0.6 is 0 Å². The van der Waals surface area contributed by atoms with E-state index in [2.05, 4.69) is 0 Å². The molecule has 5 aromatic carbocycles. The van der Waals surface area contributed by atoms with Gasteiger partial charge in [-0.2, -0.15) is 0 Å². The zero-order valence-electron chi connectivity index (χ0n) is 20.2. The molecule has 0 saturated heterocycles. The summed E-state index contributed by atoms with van der Waals surface area (Å²) < 4.78 is 0. The lowest BCUT2D eigenvalue weighted by atomic mass is 9.53. The van der Waals surface area contributed by atoms with Crippen LogP contribution < -0.4 is 0 Å². The van der Waals surface area contributed by atoms with E-state index >= 15 is 0 Å². The summed E-state index contributed by atoms with van der Waals surface area (Å²) in [5.41, 5.74) is 1.35. The van der Waals surface area contributed by atoms with Crippen LogP contribution in [0.5, 0.6) is 0 Å². The van der Waals surface area contributed by atoms with Gasteiger partial charge in [0, 0.05) is 35.8 Å². The van der Waals surface area contributed by atoms with Crippen LogP contribution in [0.2, 0.25) is 0 Å². The fourth-order valence-corrected chi connectivity index (χ4v) is 6.98. The van der Waals surface area contributed by atoms with Crippen molar-refractivity contribution >= 4 is 38.9 Å². The van der Waals surface area contributed by atoms with E-state index in [0.29, 0.717) is 11.1 Å². The summed E-state index contributed by atoms with van der Waals surface area (Å²) in [6.45, 7) is 0. The number of rotatable bonds is 2. The fraction of sp³-hybridized carbons (Fsp3) is 0.147. The second-order valence-corrected chi connectivity index (χ2v) is 10.3. The van der Waals surface area contributed by atoms with Gasteiger partial charge in [-0.05, 0) is 32.7 Å². The smallest absolute Gasteiger partial charge is 0.178 e. The number of carbonyl (C=O) groups excluding carboxylic acids is 3. The van der Waals surface area contributed by atoms with E-state index in [1.807, 2.05) is 97.1 Å². The predicted molar refractivity (Wildman–Crippen MR) is 145 cm³/mol. The molecule has 0 N–H and O–H groups in total. The van der Waals surface area contributed by atoms with E-state index in [0.717, 1.165) is 32.7 Å². The van der Waals surface area contributed by atoms with Gasteiger partial charge in [-0.25, -0.2) is 0 Å². The van der Waals surface area contributed by atoms with Gasteiger partial charge >= 0.3 is 0 Å². The van der Waals surface area contributed by atoms with Gasteiger partial charge in [-0.3, -0.25) is 14.4 Å². The predicted octanol–water partition coefficient (Wildman–Crippen LogP) is 7.29. The lowest BCUT2D eigenvalue weighted by Gasteiger charge is -2.45.